The van der Waals surface area contributed by atoms with E-state index >= 15 is 0 Å². The number of nitrogens with one attached hydrogen (secondary N) is 1. The van der Waals surface area contributed by atoms with Crippen LogP contribution in [-0.4, -0.2) is 79.1 Å². The fourth-order valence-electron chi connectivity index (χ4n) is 3.85. The number of rotatable bonds is 9. The molecule has 13 heteroatoms. The second-order valence-electron chi connectivity index (χ2n) is 8.92. The highest BCUT2D eigenvalue weighted by molar-refractivity contribution is 7.88. The fraction of sp³-hybridized carbons (Fsp3) is 0.417. The highest BCUT2D eigenvalue weighted by atomic mass is 32.2. The molecule has 1 aliphatic heterocycles. The maximum Gasteiger partial charge on any atom is 0.416 e. The van der Waals surface area contributed by atoms with Gasteiger partial charge in [-0.25, -0.2) is 8.42 Å². The summed E-state index contributed by atoms with van der Waals surface area (Å²) in [7, 11) is -3.37. The van der Waals surface area contributed by atoms with Crippen molar-refractivity contribution in [3.05, 3.63) is 65.2 Å². The van der Waals surface area contributed by atoms with Crippen LogP contribution in [0, 0.1) is 0 Å². The average Bonchev–Trinajstić information content (AvgIpc) is 2.85. The molecular weight excluding hydrogens is 515 g/mol. The van der Waals surface area contributed by atoms with Crippen LogP contribution in [0.4, 0.5) is 13.2 Å². The average molecular weight is 544 g/mol. The monoisotopic (exact) mass is 543 g/mol. The van der Waals surface area contributed by atoms with Crippen molar-refractivity contribution >= 4 is 21.9 Å². The van der Waals surface area contributed by atoms with Crippen LogP contribution in [0.3, 0.4) is 0 Å². The first-order valence-electron chi connectivity index (χ1n) is 11.3. The number of halogens is 3. The zero-order valence-electron chi connectivity index (χ0n) is 20.3. The van der Waals surface area contributed by atoms with E-state index in [0.29, 0.717) is 11.3 Å². The van der Waals surface area contributed by atoms with Crippen LogP contribution in [0.5, 0.6) is 5.75 Å². The first-order valence-corrected chi connectivity index (χ1v) is 13.2. The molecule has 1 aliphatic rings. The number of carbonyl (C=O) groups excluding carboxylic acids is 1. The van der Waals surface area contributed by atoms with Gasteiger partial charge in [-0.1, -0.05) is 12.1 Å². The number of hydrogen-bond donors (Lipinski definition) is 2. The van der Waals surface area contributed by atoms with E-state index in [1.165, 1.54) is 47.6 Å². The molecule has 1 amide bonds. The molecule has 37 heavy (non-hydrogen) atoms. The summed E-state index contributed by atoms with van der Waals surface area (Å²) in [6, 6.07) is 10.6. The van der Waals surface area contributed by atoms with E-state index in [2.05, 4.69) is 5.32 Å². The summed E-state index contributed by atoms with van der Waals surface area (Å²) in [5, 5.41) is 12.5. The Balaban J connectivity index is 1.55. The van der Waals surface area contributed by atoms with Crippen molar-refractivity contribution in [2.75, 3.05) is 39.0 Å². The van der Waals surface area contributed by atoms with Gasteiger partial charge in [-0.3, -0.25) is 14.5 Å². The predicted octanol–water partition coefficient (Wildman–Crippen LogP) is 2.43. The van der Waals surface area contributed by atoms with Crippen LogP contribution in [0.1, 0.15) is 28.4 Å². The Bertz CT molecular complexity index is 1210. The number of carboxylic acids is 1. The number of hydrogen-bond acceptors (Lipinski definition) is 6. The zero-order valence-corrected chi connectivity index (χ0v) is 21.1. The maximum atomic E-state index is 12.7. The lowest BCUT2D eigenvalue weighted by atomic mass is 9.98. The van der Waals surface area contributed by atoms with Gasteiger partial charge in [0.15, 0.2) is 0 Å². The molecule has 202 valence electrons. The van der Waals surface area contributed by atoms with Crippen LogP contribution in [0.25, 0.3) is 0 Å². The molecule has 0 spiro atoms. The van der Waals surface area contributed by atoms with E-state index in [1.807, 2.05) is 0 Å². The van der Waals surface area contributed by atoms with Crippen molar-refractivity contribution in [3.8, 4) is 5.75 Å². The lowest BCUT2D eigenvalue weighted by molar-refractivity contribution is -0.151. The van der Waals surface area contributed by atoms with E-state index in [4.69, 9.17) is 4.74 Å². The smallest absolute Gasteiger partial charge is 0.416 e. The van der Waals surface area contributed by atoms with Crippen LogP contribution >= 0.6 is 0 Å². The molecule has 0 aromatic heterocycles. The van der Waals surface area contributed by atoms with Crippen molar-refractivity contribution in [1.29, 1.82) is 0 Å². The molecule has 0 unspecified atom stereocenters. The van der Waals surface area contributed by atoms with Gasteiger partial charge in [0.05, 0.1) is 11.8 Å². The predicted molar refractivity (Wildman–Crippen MR) is 129 cm³/mol. The lowest BCUT2D eigenvalue weighted by Crippen LogP contribution is -2.63. The molecule has 9 nitrogen and oxygen atoms in total. The third-order valence-corrected chi connectivity index (χ3v) is 7.57. The molecule has 2 aromatic carbocycles. The normalized spacial score (nSPS) is 17.1. The molecule has 1 atom stereocenters. The molecule has 0 saturated carbocycles. The van der Waals surface area contributed by atoms with Gasteiger partial charge in [0.25, 0.3) is 5.91 Å². The summed E-state index contributed by atoms with van der Waals surface area (Å²) in [5.74, 6) is -1.25. The number of alkyl halides is 3. The molecule has 0 radical (unpaired) electrons. The lowest BCUT2D eigenvalue weighted by Gasteiger charge is -2.42. The minimum Gasteiger partial charge on any atom is -0.489 e. The van der Waals surface area contributed by atoms with Crippen molar-refractivity contribution in [2.24, 2.45) is 0 Å². The fourth-order valence-corrected chi connectivity index (χ4v) is 4.68. The van der Waals surface area contributed by atoms with Gasteiger partial charge in [0.2, 0.25) is 10.0 Å². The van der Waals surface area contributed by atoms with Crippen molar-refractivity contribution in [1.82, 2.24) is 14.5 Å². The molecule has 1 heterocycles. The number of carbonyl (C=O) groups is 2. The van der Waals surface area contributed by atoms with E-state index in [1.54, 1.807) is 4.90 Å². The summed E-state index contributed by atoms with van der Waals surface area (Å²) < 4.78 is 68.3. The second kappa shape index (κ2) is 11.1. The van der Waals surface area contributed by atoms with E-state index in [0.717, 1.165) is 18.4 Å². The molecule has 0 bridgehead atoms. The Morgan fingerprint density at radius 1 is 1.00 bits per heavy atom. The van der Waals surface area contributed by atoms with Crippen LogP contribution in [-0.2, 0) is 27.6 Å². The second-order valence-corrected chi connectivity index (χ2v) is 10.9. The number of sulfonamides is 1. The van der Waals surface area contributed by atoms with Gasteiger partial charge in [0.1, 0.15) is 17.9 Å². The Hall–Kier alpha value is -3.16. The Kier molecular flexibility index (Phi) is 8.50. The quantitative estimate of drug-likeness (QED) is 0.499. The van der Waals surface area contributed by atoms with E-state index in [9.17, 15) is 36.3 Å². The number of ether oxygens (including phenoxy) is 1. The highest BCUT2D eigenvalue weighted by Crippen LogP contribution is 2.29. The number of piperazine rings is 1. The van der Waals surface area contributed by atoms with Gasteiger partial charge in [-0.15, -0.1) is 0 Å². The molecule has 1 saturated heterocycles. The van der Waals surface area contributed by atoms with Crippen molar-refractivity contribution in [2.45, 2.75) is 25.2 Å². The molecule has 2 aromatic rings. The number of amides is 1. The van der Waals surface area contributed by atoms with Crippen LogP contribution in [0.2, 0.25) is 0 Å². The summed E-state index contributed by atoms with van der Waals surface area (Å²) in [4.78, 5) is 26.3. The van der Waals surface area contributed by atoms with E-state index in [-0.39, 0.29) is 44.9 Å². The Labute approximate surface area is 212 Å². The van der Waals surface area contributed by atoms with Crippen LogP contribution < -0.4 is 10.1 Å². The number of nitrogens with zero attached hydrogens (tertiary/aromatic N) is 2. The standard InChI is InChI=1S/C24H28F3N3O6S/c1-23(22(32)33,29-11-13-30(14-12-29)37(2,34)35)16-28-21(31)18-5-9-20(10-6-18)36-15-17-3-7-19(8-4-17)24(25,26)27/h3-10H,11-16H2,1-2H3,(H,28,31)(H,32,33)/t23-/m0/s1. The van der Waals surface area contributed by atoms with Gasteiger partial charge in [0, 0.05) is 38.3 Å². The molecule has 1 fully saturated rings. The topological polar surface area (TPSA) is 116 Å². The number of benzene rings is 2. The summed E-state index contributed by atoms with van der Waals surface area (Å²) in [6.07, 6.45) is -3.31. The van der Waals surface area contributed by atoms with Gasteiger partial charge < -0.3 is 15.2 Å². The molecule has 3 rings (SSSR count). The molecular formula is C24H28F3N3O6S. The Morgan fingerprint density at radius 2 is 1.57 bits per heavy atom. The molecule has 0 aliphatic carbocycles. The van der Waals surface area contributed by atoms with Gasteiger partial charge in [-0.2, -0.15) is 17.5 Å². The van der Waals surface area contributed by atoms with Crippen LogP contribution in [0.15, 0.2) is 48.5 Å². The first kappa shape index (κ1) is 28.4. The first-order chi connectivity index (χ1) is 17.2. The summed E-state index contributed by atoms with van der Waals surface area (Å²) in [5.41, 5.74) is -1.39. The summed E-state index contributed by atoms with van der Waals surface area (Å²) in [6.45, 7) is 2.03. The van der Waals surface area contributed by atoms with E-state index < -0.39 is 39.2 Å². The zero-order chi connectivity index (χ0) is 27.4. The van der Waals surface area contributed by atoms with Gasteiger partial charge in [-0.05, 0) is 48.9 Å². The number of aliphatic carboxylic acids is 1. The maximum absolute atomic E-state index is 12.7. The minimum atomic E-state index is -4.41. The van der Waals surface area contributed by atoms with Gasteiger partial charge >= 0.3 is 12.1 Å². The third kappa shape index (κ3) is 7.21. The summed E-state index contributed by atoms with van der Waals surface area (Å²) >= 11 is 0. The Morgan fingerprint density at radius 3 is 2.05 bits per heavy atom. The SMILES string of the molecule is C[C@](CNC(=O)c1ccc(OCc2ccc(C(F)(F)F)cc2)cc1)(C(=O)O)N1CCN(S(C)(=O)=O)CC1. The highest BCUT2D eigenvalue weighted by Gasteiger charge is 2.42. The number of carboxylic acid groups (broad SMARTS) is 1. The van der Waals surface area contributed by atoms with Crippen molar-refractivity contribution < 1.29 is 41.0 Å². The molecule has 2 N–H and O–H groups in total. The largest absolute Gasteiger partial charge is 0.489 e. The minimum absolute atomic E-state index is 0.0350. The third-order valence-electron chi connectivity index (χ3n) is 6.26. The van der Waals surface area contributed by atoms with Crippen molar-refractivity contribution in [3.63, 3.8) is 0 Å².